The third kappa shape index (κ3) is 2.84. The second-order valence-electron chi connectivity index (χ2n) is 4.69. The van der Waals surface area contributed by atoms with Crippen molar-refractivity contribution >= 4 is 16.7 Å². The number of furan rings is 1. The minimum Gasteiger partial charge on any atom is -0.491 e. The van der Waals surface area contributed by atoms with Gasteiger partial charge in [-0.15, -0.1) is 0 Å². The maximum atomic E-state index is 13.8. The molecular weight excluding hydrogens is 269 g/mol. The van der Waals surface area contributed by atoms with E-state index < -0.39 is 0 Å². The van der Waals surface area contributed by atoms with E-state index in [9.17, 15) is 4.39 Å². The van der Waals surface area contributed by atoms with E-state index in [1.165, 1.54) is 6.07 Å². The molecule has 108 valence electrons. The molecule has 2 aromatic carbocycles. The number of anilines is 1. The smallest absolute Gasteiger partial charge is 0.167 e. The molecule has 0 fully saturated rings. The van der Waals surface area contributed by atoms with Gasteiger partial charge in [0, 0.05) is 29.2 Å². The second-order valence-corrected chi connectivity index (χ2v) is 4.69. The summed E-state index contributed by atoms with van der Waals surface area (Å²) in [5.74, 6) is -0.0873. The molecule has 0 aliphatic rings. The maximum absolute atomic E-state index is 13.8. The van der Waals surface area contributed by atoms with Crippen molar-refractivity contribution < 1.29 is 13.5 Å². The standard InChI is InChI=1S/C17H16FNO2/c1-2-20-17-8-7-13(9-15(17)18)19-10-12-11-21-16-6-4-3-5-14(12)16/h3-9,11,19H,2,10H2,1H3. The fraction of sp³-hybridized carbons (Fsp3) is 0.176. The van der Waals surface area contributed by atoms with Gasteiger partial charge in [-0.25, -0.2) is 4.39 Å². The number of halogens is 1. The minimum absolute atomic E-state index is 0.275. The van der Waals surface area contributed by atoms with Crippen molar-refractivity contribution in [2.75, 3.05) is 11.9 Å². The highest BCUT2D eigenvalue weighted by Gasteiger charge is 2.07. The van der Waals surface area contributed by atoms with Crippen LogP contribution in [0.3, 0.4) is 0 Å². The van der Waals surface area contributed by atoms with Crippen LogP contribution in [0.15, 0.2) is 53.1 Å². The lowest BCUT2D eigenvalue weighted by molar-refractivity contribution is 0.321. The van der Waals surface area contributed by atoms with Crippen LogP contribution in [0.1, 0.15) is 12.5 Å². The van der Waals surface area contributed by atoms with Crippen molar-refractivity contribution in [1.29, 1.82) is 0 Å². The zero-order chi connectivity index (χ0) is 14.7. The van der Waals surface area contributed by atoms with E-state index in [2.05, 4.69) is 5.32 Å². The summed E-state index contributed by atoms with van der Waals surface area (Å²) in [6, 6.07) is 12.7. The van der Waals surface area contributed by atoms with Gasteiger partial charge in [-0.3, -0.25) is 0 Å². The van der Waals surface area contributed by atoms with Crippen LogP contribution in [0.5, 0.6) is 5.75 Å². The summed E-state index contributed by atoms with van der Waals surface area (Å²) >= 11 is 0. The van der Waals surface area contributed by atoms with Gasteiger partial charge in [0.25, 0.3) is 0 Å². The first-order valence-electron chi connectivity index (χ1n) is 6.89. The maximum Gasteiger partial charge on any atom is 0.167 e. The third-order valence-electron chi connectivity index (χ3n) is 3.28. The molecule has 0 aliphatic heterocycles. The number of ether oxygens (including phenoxy) is 1. The zero-order valence-electron chi connectivity index (χ0n) is 11.7. The molecule has 0 aliphatic carbocycles. The van der Waals surface area contributed by atoms with Gasteiger partial charge in [0.1, 0.15) is 5.58 Å². The van der Waals surface area contributed by atoms with Gasteiger partial charge in [-0.1, -0.05) is 18.2 Å². The Morgan fingerprint density at radius 2 is 2.05 bits per heavy atom. The number of hydrogen-bond donors (Lipinski definition) is 1. The summed E-state index contributed by atoms with van der Waals surface area (Å²) in [5.41, 5.74) is 2.60. The van der Waals surface area contributed by atoms with E-state index in [1.807, 2.05) is 31.2 Å². The van der Waals surface area contributed by atoms with Gasteiger partial charge in [0.2, 0.25) is 0 Å². The lowest BCUT2D eigenvalue weighted by Crippen LogP contribution is -2.00. The molecule has 1 N–H and O–H groups in total. The first kappa shape index (κ1) is 13.5. The van der Waals surface area contributed by atoms with Gasteiger partial charge < -0.3 is 14.5 Å². The highest BCUT2D eigenvalue weighted by Crippen LogP contribution is 2.24. The summed E-state index contributed by atoms with van der Waals surface area (Å²) in [4.78, 5) is 0. The predicted molar refractivity (Wildman–Crippen MR) is 81.1 cm³/mol. The Kier molecular flexibility index (Phi) is 3.77. The first-order chi connectivity index (χ1) is 10.3. The van der Waals surface area contributed by atoms with Crippen molar-refractivity contribution in [3.8, 4) is 5.75 Å². The molecule has 0 atom stereocenters. The van der Waals surface area contributed by atoms with Gasteiger partial charge in [-0.05, 0) is 25.1 Å². The zero-order valence-corrected chi connectivity index (χ0v) is 11.7. The SMILES string of the molecule is CCOc1ccc(NCc2coc3ccccc23)cc1F. The number of benzene rings is 2. The van der Waals surface area contributed by atoms with Crippen LogP contribution >= 0.6 is 0 Å². The second kappa shape index (κ2) is 5.87. The van der Waals surface area contributed by atoms with Crippen molar-refractivity contribution in [2.45, 2.75) is 13.5 Å². The molecule has 0 unspecified atom stereocenters. The molecule has 3 rings (SSSR count). The fourth-order valence-corrected chi connectivity index (χ4v) is 2.25. The molecule has 4 heteroatoms. The Morgan fingerprint density at radius 1 is 1.19 bits per heavy atom. The Labute approximate surface area is 122 Å². The molecule has 0 saturated carbocycles. The number of hydrogen-bond acceptors (Lipinski definition) is 3. The Hall–Kier alpha value is -2.49. The number of para-hydroxylation sites is 1. The lowest BCUT2D eigenvalue weighted by Gasteiger charge is -2.08. The molecular formula is C17H16FNO2. The summed E-state index contributed by atoms with van der Waals surface area (Å²) in [6.45, 7) is 2.85. The number of nitrogens with one attached hydrogen (secondary N) is 1. The average molecular weight is 285 g/mol. The minimum atomic E-state index is -0.362. The lowest BCUT2D eigenvalue weighted by atomic mass is 10.2. The third-order valence-corrected chi connectivity index (χ3v) is 3.28. The van der Waals surface area contributed by atoms with E-state index in [-0.39, 0.29) is 11.6 Å². The highest BCUT2D eigenvalue weighted by molar-refractivity contribution is 5.81. The van der Waals surface area contributed by atoms with Crippen LogP contribution in [-0.2, 0) is 6.54 Å². The van der Waals surface area contributed by atoms with Crippen LogP contribution in [0.4, 0.5) is 10.1 Å². The normalized spacial score (nSPS) is 10.8. The molecule has 1 aromatic heterocycles. The van der Waals surface area contributed by atoms with E-state index in [4.69, 9.17) is 9.15 Å². The van der Waals surface area contributed by atoms with Crippen LogP contribution in [0, 0.1) is 5.82 Å². The Bertz CT molecular complexity index is 751. The molecule has 3 nitrogen and oxygen atoms in total. The molecule has 3 aromatic rings. The monoisotopic (exact) mass is 285 g/mol. The molecule has 0 bridgehead atoms. The highest BCUT2D eigenvalue weighted by atomic mass is 19.1. The van der Waals surface area contributed by atoms with E-state index >= 15 is 0 Å². The number of rotatable bonds is 5. The van der Waals surface area contributed by atoms with Crippen LogP contribution in [0.25, 0.3) is 11.0 Å². The number of fused-ring (bicyclic) bond motifs is 1. The largest absolute Gasteiger partial charge is 0.491 e. The van der Waals surface area contributed by atoms with Crippen molar-refractivity contribution in [3.63, 3.8) is 0 Å². The van der Waals surface area contributed by atoms with Gasteiger partial charge in [0.15, 0.2) is 11.6 Å². The van der Waals surface area contributed by atoms with Crippen molar-refractivity contribution in [1.82, 2.24) is 0 Å². The van der Waals surface area contributed by atoms with Crippen molar-refractivity contribution in [3.05, 3.63) is 60.1 Å². The van der Waals surface area contributed by atoms with E-state index in [1.54, 1.807) is 18.4 Å². The van der Waals surface area contributed by atoms with E-state index in [0.717, 1.165) is 16.5 Å². The molecule has 0 saturated heterocycles. The topological polar surface area (TPSA) is 34.4 Å². The van der Waals surface area contributed by atoms with Gasteiger partial charge in [0.05, 0.1) is 12.9 Å². The van der Waals surface area contributed by atoms with E-state index in [0.29, 0.717) is 18.8 Å². The van der Waals surface area contributed by atoms with Crippen LogP contribution in [-0.4, -0.2) is 6.61 Å². The summed E-state index contributed by atoms with van der Waals surface area (Å²) in [7, 11) is 0. The molecule has 21 heavy (non-hydrogen) atoms. The summed E-state index contributed by atoms with van der Waals surface area (Å²) < 4.78 is 24.4. The molecule has 1 heterocycles. The summed E-state index contributed by atoms with van der Waals surface area (Å²) in [5, 5.41) is 4.26. The first-order valence-corrected chi connectivity index (χ1v) is 6.89. The molecule has 0 amide bonds. The Morgan fingerprint density at radius 3 is 2.86 bits per heavy atom. The van der Waals surface area contributed by atoms with Gasteiger partial charge >= 0.3 is 0 Å². The van der Waals surface area contributed by atoms with Crippen molar-refractivity contribution in [2.24, 2.45) is 0 Å². The van der Waals surface area contributed by atoms with Crippen LogP contribution in [0.2, 0.25) is 0 Å². The Balaban J connectivity index is 1.74. The molecule has 0 spiro atoms. The summed E-state index contributed by atoms with van der Waals surface area (Å²) in [6.07, 6.45) is 1.72. The van der Waals surface area contributed by atoms with Crippen LogP contribution < -0.4 is 10.1 Å². The molecule has 0 radical (unpaired) electrons. The average Bonchev–Trinajstić information content (AvgIpc) is 2.91. The predicted octanol–water partition coefficient (Wildman–Crippen LogP) is 4.58. The fourth-order valence-electron chi connectivity index (χ4n) is 2.25. The quantitative estimate of drug-likeness (QED) is 0.745. The van der Waals surface area contributed by atoms with Gasteiger partial charge in [-0.2, -0.15) is 0 Å².